The summed E-state index contributed by atoms with van der Waals surface area (Å²) in [5.74, 6) is 1.22. The van der Waals surface area contributed by atoms with Crippen LogP contribution in [0.5, 0.6) is 11.5 Å². The number of aldehydes is 2. The zero-order chi connectivity index (χ0) is 18.1. The van der Waals surface area contributed by atoms with Gasteiger partial charge < -0.3 is 9.47 Å². The highest BCUT2D eigenvalue weighted by Gasteiger charge is 2.08. The molecule has 2 rings (SSSR count). The van der Waals surface area contributed by atoms with E-state index in [1.54, 1.807) is 0 Å². The van der Waals surface area contributed by atoms with Crippen molar-refractivity contribution in [2.45, 2.75) is 33.1 Å². The second-order valence-corrected chi connectivity index (χ2v) is 5.85. The average molecular weight is 340 g/mol. The fourth-order valence-electron chi connectivity index (χ4n) is 2.52. The van der Waals surface area contributed by atoms with Gasteiger partial charge in [0.15, 0.2) is 12.6 Å². The van der Waals surface area contributed by atoms with E-state index in [4.69, 9.17) is 9.47 Å². The molecule has 25 heavy (non-hydrogen) atoms. The topological polar surface area (TPSA) is 52.6 Å². The van der Waals surface area contributed by atoms with Crippen molar-refractivity contribution >= 4 is 12.6 Å². The number of hydrogen-bond donors (Lipinski definition) is 0. The summed E-state index contributed by atoms with van der Waals surface area (Å²) in [6.45, 7) is 5.21. The SMILES string of the molecule is CCCOc1ccc(Cc2ccc(OCCC)c(C=O)c2)cc1C=O. The van der Waals surface area contributed by atoms with E-state index in [-0.39, 0.29) is 0 Å². The first-order chi connectivity index (χ1) is 12.2. The molecule has 0 saturated heterocycles. The van der Waals surface area contributed by atoms with Gasteiger partial charge in [0.1, 0.15) is 11.5 Å². The Morgan fingerprint density at radius 1 is 0.760 bits per heavy atom. The van der Waals surface area contributed by atoms with Crippen LogP contribution in [0.1, 0.15) is 58.5 Å². The summed E-state index contributed by atoms with van der Waals surface area (Å²) in [4.78, 5) is 22.6. The summed E-state index contributed by atoms with van der Waals surface area (Å²) in [6, 6.07) is 11.2. The summed E-state index contributed by atoms with van der Waals surface area (Å²) in [7, 11) is 0. The summed E-state index contributed by atoms with van der Waals surface area (Å²) < 4.78 is 11.2. The molecule has 2 aromatic rings. The Hall–Kier alpha value is -2.62. The number of ether oxygens (including phenoxy) is 2. The lowest BCUT2D eigenvalue weighted by molar-refractivity contribution is 0.111. The third-order valence-electron chi connectivity index (χ3n) is 3.73. The van der Waals surface area contributed by atoms with Gasteiger partial charge in [-0.3, -0.25) is 9.59 Å². The van der Waals surface area contributed by atoms with E-state index in [2.05, 4.69) is 0 Å². The van der Waals surface area contributed by atoms with Crippen LogP contribution in [0.3, 0.4) is 0 Å². The number of carbonyl (C=O) groups excluding carboxylic acids is 2. The van der Waals surface area contributed by atoms with E-state index in [9.17, 15) is 9.59 Å². The van der Waals surface area contributed by atoms with Gasteiger partial charge >= 0.3 is 0 Å². The maximum atomic E-state index is 11.3. The lowest BCUT2D eigenvalue weighted by atomic mass is 10.0. The van der Waals surface area contributed by atoms with Crippen LogP contribution in [0, 0.1) is 0 Å². The van der Waals surface area contributed by atoms with Crippen molar-refractivity contribution < 1.29 is 19.1 Å². The van der Waals surface area contributed by atoms with E-state index in [0.29, 0.717) is 42.3 Å². The van der Waals surface area contributed by atoms with Crippen LogP contribution >= 0.6 is 0 Å². The molecule has 0 bridgehead atoms. The standard InChI is InChI=1S/C21H24O4/c1-3-9-24-20-7-5-16(12-18(20)14-22)11-17-6-8-21(25-10-4-2)19(13-17)15-23/h5-8,12-15H,3-4,9-11H2,1-2H3. The van der Waals surface area contributed by atoms with E-state index in [1.165, 1.54) is 0 Å². The van der Waals surface area contributed by atoms with Crippen molar-refractivity contribution in [3.8, 4) is 11.5 Å². The molecule has 0 aromatic heterocycles. The Bertz CT molecular complexity index is 660. The predicted molar refractivity (Wildman–Crippen MR) is 98.0 cm³/mol. The lowest BCUT2D eigenvalue weighted by Crippen LogP contribution is -2.01. The van der Waals surface area contributed by atoms with Gasteiger partial charge in [-0.2, -0.15) is 0 Å². The number of hydrogen-bond acceptors (Lipinski definition) is 4. The van der Waals surface area contributed by atoms with Crippen molar-refractivity contribution in [1.82, 2.24) is 0 Å². The molecule has 0 spiro atoms. The highest BCUT2D eigenvalue weighted by atomic mass is 16.5. The molecular formula is C21H24O4. The third-order valence-corrected chi connectivity index (χ3v) is 3.73. The third kappa shape index (κ3) is 5.18. The van der Waals surface area contributed by atoms with Crippen LogP contribution < -0.4 is 9.47 Å². The molecule has 0 atom stereocenters. The highest BCUT2D eigenvalue weighted by molar-refractivity contribution is 5.80. The Kier molecular flexibility index (Phi) is 7.20. The first-order valence-electron chi connectivity index (χ1n) is 8.63. The summed E-state index contributed by atoms with van der Waals surface area (Å²) in [5.41, 5.74) is 3.07. The molecule has 0 aliphatic heterocycles. The van der Waals surface area contributed by atoms with E-state index in [0.717, 1.165) is 36.5 Å². The zero-order valence-electron chi connectivity index (χ0n) is 14.8. The maximum Gasteiger partial charge on any atom is 0.153 e. The quantitative estimate of drug-likeness (QED) is 0.598. The molecule has 0 aliphatic carbocycles. The Balaban J connectivity index is 2.18. The summed E-state index contributed by atoms with van der Waals surface area (Å²) >= 11 is 0. The van der Waals surface area contributed by atoms with Crippen molar-refractivity contribution in [3.05, 3.63) is 58.7 Å². The van der Waals surface area contributed by atoms with Crippen molar-refractivity contribution in [2.24, 2.45) is 0 Å². The van der Waals surface area contributed by atoms with Gasteiger partial charge in [-0.15, -0.1) is 0 Å². The number of benzene rings is 2. The van der Waals surface area contributed by atoms with Gasteiger partial charge in [0.25, 0.3) is 0 Å². The summed E-state index contributed by atoms with van der Waals surface area (Å²) in [6.07, 6.45) is 4.03. The average Bonchev–Trinajstić information content (AvgIpc) is 2.65. The van der Waals surface area contributed by atoms with Gasteiger partial charge in [0, 0.05) is 0 Å². The largest absolute Gasteiger partial charge is 0.493 e. The van der Waals surface area contributed by atoms with E-state index >= 15 is 0 Å². The lowest BCUT2D eigenvalue weighted by Gasteiger charge is -2.11. The highest BCUT2D eigenvalue weighted by Crippen LogP contribution is 2.23. The molecule has 0 amide bonds. The Morgan fingerprint density at radius 3 is 1.56 bits per heavy atom. The molecular weight excluding hydrogens is 316 g/mol. The molecule has 4 nitrogen and oxygen atoms in total. The number of carbonyl (C=O) groups is 2. The second kappa shape index (κ2) is 9.62. The Morgan fingerprint density at radius 2 is 1.20 bits per heavy atom. The molecule has 2 aromatic carbocycles. The second-order valence-electron chi connectivity index (χ2n) is 5.85. The number of rotatable bonds is 10. The van der Waals surface area contributed by atoms with Gasteiger partial charge in [-0.05, 0) is 54.7 Å². The Labute approximate surface area is 148 Å². The first kappa shape index (κ1) is 18.7. The smallest absolute Gasteiger partial charge is 0.153 e. The van der Waals surface area contributed by atoms with Crippen LogP contribution in [0.4, 0.5) is 0 Å². The van der Waals surface area contributed by atoms with Crippen molar-refractivity contribution in [2.75, 3.05) is 13.2 Å². The minimum Gasteiger partial charge on any atom is -0.493 e. The molecule has 4 heteroatoms. The zero-order valence-corrected chi connectivity index (χ0v) is 14.8. The van der Waals surface area contributed by atoms with Crippen LogP contribution in [0.2, 0.25) is 0 Å². The van der Waals surface area contributed by atoms with Crippen LogP contribution in [-0.4, -0.2) is 25.8 Å². The van der Waals surface area contributed by atoms with Crippen molar-refractivity contribution in [1.29, 1.82) is 0 Å². The predicted octanol–water partition coefficient (Wildman–Crippen LogP) is 4.48. The monoisotopic (exact) mass is 340 g/mol. The molecule has 0 unspecified atom stereocenters. The van der Waals surface area contributed by atoms with Gasteiger partial charge in [-0.1, -0.05) is 26.0 Å². The van der Waals surface area contributed by atoms with Gasteiger partial charge in [0.05, 0.1) is 24.3 Å². The normalized spacial score (nSPS) is 10.3. The van der Waals surface area contributed by atoms with Gasteiger partial charge in [-0.25, -0.2) is 0 Å². The molecule has 0 N–H and O–H groups in total. The van der Waals surface area contributed by atoms with E-state index < -0.39 is 0 Å². The first-order valence-corrected chi connectivity index (χ1v) is 8.63. The molecule has 0 aliphatic rings. The minimum atomic E-state index is 0.546. The fraction of sp³-hybridized carbons (Fsp3) is 0.333. The molecule has 0 fully saturated rings. The van der Waals surface area contributed by atoms with Crippen LogP contribution in [-0.2, 0) is 6.42 Å². The molecule has 0 radical (unpaired) electrons. The van der Waals surface area contributed by atoms with E-state index in [1.807, 2.05) is 50.2 Å². The fourth-order valence-corrected chi connectivity index (χ4v) is 2.52. The van der Waals surface area contributed by atoms with Gasteiger partial charge in [0.2, 0.25) is 0 Å². The van der Waals surface area contributed by atoms with Crippen LogP contribution in [0.15, 0.2) is 36.4 Å². The van der Waals surface area contributed by atoms with Crippen LogP contribution in [0.25, 0.3) is 0 Å². The minimum absolute atomic E-state index is 0.546. The van der Waals surface area contributed by atoms with Crippen molar-refractivity contribution in [3.63, 3.8) is 0 Å². The molecule has 0 saturated carbocycles. The molecule has 0 heterocycles. The molecule has 132 valence electrons. The summed E-state index contributed by atoms with van der Waals surface area (Å²) in [5, 5.41) is 0. The maximum absolute atomic E-state index is 11.3.